The van der Waals surface area contributed by atoms with Crippen molar-refractivity contribution in [1.29, 1.82) is 0 Å². The summed E-state index contributed by atoms with van der Waals surface area (Å²) in [5.41, 5.74) is 0. The molecular formula is C9H14N2O3. The molecule has 0 rings (SSSR count). The first kappa shape index (κ1) is 12.4. The zero-order valence-corrected chi connectivity index (χ0v) is 7.82. The Kier molecular flexibility index (Phi) is 6.06. The molecule has 0 saturated carbocycles. The zero-order chi connectivity index (χ0) is 11.0. The average Bonchev–Trinajstić information content (AvgIpc) is 2.22. The Labute approximate surface area is 82.5 Å². The van der Waals surface area contributed by atoms with Crippen LogP contribution in [0, 0.1) is 0 Å². The van der Waals surface area contributed by atoms with Crippen molar-refractivity contribution in [3.8, 4) is 0 Å². The molecule has 78 valence electrons. The second kappa shape index (κ2) is 6.85. The summed E-state index contributed by atoms with van der Waals surface area (Å²) in [5.74, 6) is -0.724. The van der Waals surface area contributed by atoms with Crippen LogP contribution in [0.25, 0.3) is 0 Å². The number of carbonyl (C=O) groups is 2. The van der Waals surface area contributed by atoms with Crippen molar-refractivity contribution in [2.24, 2.45) is 0 Å². The Morgan fingerprint density at radius 1 is 1.14 bits per heavy atom. The first-order valence-corrected chi connectivity index (χ1v) is 4.08. The molecule has 0 aliphatic rings. The highest BCUT2D eigenvalue weighted by atomic mass is 16.3. The number of amides is 2. The van der Waals surface area contributed by atoms with Crippen molar-refractivity contribution in [1.82, 2.24) is 10.6 Å². The van der Waals surface area contributed by atoms with E-state index in [-0.39, 0.29) is 24.9 Å². The Hall–Kier alpha value is -1.62. The fourth-order valence-corrected chi connectivity index (χ4v) is 0.653. The number of hydrogen-bond donors (Lipinski definition) is 3. The summed E-state index contributed by atoms with van der Waals surface area (Å²) in [7, 11) is 0. The monoisotopic (exact) mass is 198 g/mol. The minimum atomic E-state index is -0.817. The normalized spacial score (nSPS) is 9.29. The Bertz CT molecular complexity index is 214. The van der Waals surface area contributed by atoms with Gasteiger partial charge < -0.3 is 15.7 Å². The standard InChI is InChI=1S/C9H14N2O3/c1-3-8(13)10-5-7(12)6-11-9(14)4-2/h3-4,7,12H,1-2,5-6H2,(H,10,13)(H,11,14). The summed E-state index contributed by atoms with van der Waals surface area (Å²) in [6, 6.07) is 0. The van der Waals surface area contributed by atoms with Crippen LogP contribution in [0.1, 0.15) is 0 Å². The molecule has 0 unspecified atom stereocenters. The van der Waals surface area contributed by atoms with Crippen molar-refractivity contribution < 1.29 is 14.7 Å². The molecule has 3 N–H and O–H groups in total. The third-order valence-electron chi connectivity index (χ3n) is 1.39. The van der Waals surface area contributed by atoms with Crippen molar-refractivity contribution in [3.63, 3.8) is 0 Å². The lowest BCUT2D eigenvalue weighted by atomic mass is 10.3. The number of hydrogen-bond acceptors (Lipinski definition) is 3. The Balaban J connectivity index is 3.60. The number of aliphatic hydroxyl groups is 1. The van der Waals surface area contributed by atoms with Crippen LogP contribution in [0.3, 0.4) is 0 Å². The summed E-state index contributed by atoms with van der Waals surface area (Å²) < 4.78 is 0. The van der Waals surface area contributed by atoms with E-state index in [0.29, 0.717) is 0 Å². The highest BCUT2D eigenvalue weighted by Crippen LogP contribution is 1.79. The molecule has 0 radical (unpaired) electrons. The van der Waals surface area contributed by atoms with Crippen LogP contribution < -0.4 is 10.6 Å². The smallest absolute Gasteiger partial charge is 0.243 e. The highest BCUT2D eigenvalue weighted by Gasteiger charge is 2.05. The van der Waals surface area contributed by atoms with E-state index in [1.54, 1.807) is 0 Å². The summed E-state index contributed by atoms with van der Waals surface area (Å²) in [4.78, 5) is 21.3. The Morgan fingerprint density at radius 2 is 1.50 bits per heavy atom. The molecule has 0 atom stereocenters. The largest absolute Gasteiger partial charge is 0.389 e. The van der Waals surface area contributed by atoms with Gasteiger partial charge in [-0.2, -0.15) is 0 Å². The third kappa shape index (κ3) is 5.96. The molecule has 14 heavy (non-hydrogen) atoms. The van der Waals surface area contributed by atoms with Gasteiger partial charge >= 0.3 is 0 Å². The molecule has 0 aromatic rings. The van der Waals surface area contributed by atoms with Gasteiger partial charge in [0.05, 0.1) is 6.10 Å². The molecule has 0 aromatic carbocycles. The molecule has 0 aliphatic heterocycles. The number of aliphatic hydroxyl groups excluding tert-OH is 1. The van der Waals surface area contributed by atoms with Crippen molar-refractivity contribution in [2.45, 2.75) is 6.10 Å². The van der Waals surface area contributed by atoms with E-state index in [4.69, 9.17) is 0 Å². The van der Waals surface area contributed by atoms with E-state index in [2.05, 4.69) is 23.8 Å². The topological polar surface area (TPSA) is 78.4 Å². The maximum absolute atomic E-state index is 10.7. The van der Waals surface area contributed by atoms with Crippen molar-refractivity contribution in [3.05, 3.63) is 25.3 Å². The zero-order valence-electron chi connectivity index (χ0n) is 7.82. The molecule has 0 heterocycles. The molecule has 0 bridgehead atoms. The maximum Gasteiger partial charge on any atom is 0.243 e. The van der Waals surface area contributed by atoms with E-state index in [1.807, 2.05) is 0 Å². The van der Waals surface area contributed by atoms with Crippen molar-refractivity contribution >= 4 is 11.8 Å². The van der Waals surface area contributed by atoms with Gasteiger partial charge in [0.2, 0.25) is 11.8 Å². The van der Waals surface area contributed by atoms with Crippen LogP contribution >= 0.6 is 0 Å². The van der Waals surface area contributed by atoms with Gasteiger partial charge in [0.25, 0.3) is 0 Å². The van der Waals surface area contributed by atoms with E-state index in [0.717, 1.165) is 12.2 Å². The van der Waals surface area contributed by atoms with Gasteiger partial charge in [-0.3, -0.25) is 9.59 Å². The van der Waals surface area contributed by atoms with E-state index in [9.17, 15) is 14.7 Å². The molecule has 0 aromatic heterocycles. The second-order valence-corrected chi connectivity index (χ2v) is 2.55. The SMILES string of the molecule is C=CC(=O)NCC(O)CNC(=O)C=C. The molecule has 0 aliphatic carbocycles. The molecule has 5 nitrogen and oxygen atoms in total. The second-order valence-electron chi connectivity index (χ2n) is 2.55. The lowest BCUT2D eigenvalue weighted by Crippen LogP contribution is -2.39. The predicted molar refractivity (Wildman–Crippen MR) is 52.4 cm³/mol. The quantitative estimate of drug-likeness (QED) is 0.477. The predicted octanol–water partition coefficient (Wildman–Crippen LogP) is -1.05. The molecule has 5 heteroatoms. The fourth-order valence-electron chi connectivity index (χ4n) is 0.653. The number of rotatable bonds is 6. The molecule has 0 spiro atoms. The van der Waals surface area contributed by atoms with Gasteiger partial charge in [-0.1, -0.05) is 13.2 Å². The molecule has 0 fully saturated rings. The fraction of sp³-hybridized carbons (Fsp3) is 0.333. The summed E-state index contributed by atoms with van der Waals surface area (Å²) in [6.07, 6.45) is 1.40. The van der Waals surface area contributed by atoms with Gasteiger partial charge in [0, 0.05) is 13.1 Å². The minimum absolute atomic E-state index is 0.0717. The van der Waals surface area contributed by atoms with Crippen LogP contribution in [-0.2, 0) is 9.59 Å². The van der Waals surface area contributed by atoms with E-state index < -0.39 is 6.10 Å². The number of carbonyl (C=O) groups excluding carboxylic acids is 2. The van der Waals surface area contributed by atoms with Gasteiger partial charge in [-0.25, -0.2) is 0 Å². The van der Waals surface area contributed by atoms with Gasteiger partial charge in [0.15, 0.2) is 0 Å². The van der Waals surface area contributed by atoms with Gasteiger partial charge in [-0.15, -0.1) is 0 Å². The maximum atomic E-state index is 10.7. The first-order valence-electron chi connectivity index (χ1n) is 4.08. The van der Waals surface area contributed by atoms with Gasteiger partial charge in [0.1, 0.15) is 0 Å². The minimum Gasteiger partial charge on any atom is -0.389 e. The number of nitrogens with one attached hydrogen (secondary N) is 2. The molecule has 0 saturated heterocycles. The van der Waals surface area contributed by atoms with Crippen LogP contribution in [-0.4, -0.2) is 36.1 Å². The van der Waals surface area contributed by atoms with E-state index >= 15 is 0 Å². The van der Waals surface area contributed by atoms with E-state index in [1.165, 1.54) is 0 Å². The van der Waals surface area contributed by atoms with Crippen LogP contribution in [0.5, 0.6) is 0 Å². The highest BCUT2D eigenvalue weighted by molar-refractivity contribution is 5.87. The molecule has 2 amide bonds. The van der Waals surface area contributed by atoms with Crippen LogP contribution in [0.4, 0.5) is 0 Å². The summed E-state index contributed by atoms with van der Waals surface area (Å²) in [6.45, 7) is 6.64. The lowest BCUT2D eigenvalue weighted by Gasteiger charge is -2.10. The first-order chi connectivity index (χ1) is 6.60. The molecular weight excluding hydrogens is 184 g/mol. The Morgan fingerprint density at radius 3 is 1.79 bits per heavy atom. The average molecular weight is 198 g/mol. The third-order valence-corrected chi connectivity index (χ3v) is 1.39. The lowest BCUT2D eigenvalue weighted by molar-refractivity contribution is -0.116. The van der Waals surface area contributed by atoms with Crippen LogP contribution in [0.15, 0.2) is 25.3 Å². The van der Waals surface area contributed by atoms with Gasteiger partial charge in [-0.05, 0) is 12.2 Å². The summed E-state index contributed by atoms with van der Waals surface area (Å²) in [5, 5.41) is 14.0. The summed E-state index contributed by atoms with van der Waals surface area (Å²) >= 11 is 0. The van der Waals surface area contributed by atoms with Crippen LogP contribution in [0.2, 0.25) is 0 Å². The van der Waals surface area contributed by atoms with Crippen molar-refractivity contribution in [2.75, 3.05) is 13.1 Å².